The topological polar surface area (TPSA) is 55.1 Å². The maximum atomic E-state index is 12.3. The lowest BCUT2D eigenvalue weighted by molar-refractivity contribution is -0.126. The number of benzene rings is 1. The normalized spacial score (nSPS) is 23.6. The molecule has 0 aliphatic heterocycles. The van der Waals surface area contributed by atoms with Crippen LogP contribution < -0.4 is 11.1 Å². The Bertz CT molecular complexity index is 507. The first-order valence-electron chi connectivity index (χ1n) is 7.45. The van der Waals surface area contributed by atoms with Crippen LogP contribution in [0, 0.1) is 5.92 Å². The van der Waals surface area contributed by atoms with E-state index in [4.69, 9.17) is 28.9 Å². The zero-order valence-electron chi connectivity index (χ0n) is 12.2. The minimum absolute atomic E-state index is 0.0364. The minimum Gasteiger partial charge on any atom is -0.353 e. The molecule has 3 N–H and O–H groups in total. The lowest BCUT2D eigenvalue weighted by Crippen LogP contribution is -2.42. The van der Waals surface area contributed by atoms with Crippen molar-refractivity contribution in [3.05, 3.63) is 33.8 Å². The Morgan fingerprint density at radius 1 is 1.43 bits per heavy atom. The Labute approximate surface area is 136 Å². The summed E-state index contributed by atoms with van der Waals surface area (Å²) in [4.78, 5) is 12.3. The highest BCUT2D eigenvalue weighted by Gasteiger charge is 2.26. The Hall–Kier alpha value is -0.770. The van der Waals surface area contributed by atoms with Gasteiger partial charge in [0.15, 0.2) is 0 Å². The van der Waals surface area contributed by atoms with Crippen LogP contribution in [0.4, 0.5) is 0 Å². The molecule has 3 atom stereocenters. The number of nitrogens with one attached hydrogen (secondary N) is 1. The van der Waals surface area contributed by atoms with Gasteiger partial charge < -0.3 is 11.1 Å². The summed E-state index contributed by atoms with van der Waals surface area (Å²) in [6.45, 7) is 1.99. The summed E-state index contributed by atoms with van der Waals surface area (Å²) >= 11 is 12.1. The fraction of sp³-hybridized carbons (Fsp3) is 0.562. The molecule has 0 saturated heterocycles. The van der Waals surface area contributed by atoms with E-state index in [1.807, 2.05) is 19.1 Å². The standard InChI is InChI=1S/C16H22Cl2N2O/c1-10(7-11-5-6-13(17)9-15(11)18)20-16(21)12-3-2-4-14(19)8-12/h5-6,9-10,12,14H,2-4,7-8,19H2,1H3,(H,20,21). The van der Waals surface area contributed by atoms with Gasteiger partial charge in [-0.3, -0.25) is 4.79 Å². The van der Waals surface area contributed by atoms with Gasteiger partial charge in [0.05, 0.1) is 0 Å². The molecule has 0 aromatic heterocycles. The van der Waals surface area contributed by atoms with Gasteiger partial charge >= 0.3 is 0 Å². The maximum Gasteiger partial charge on any atom is 0.223 e. The molecular weight excluding hydrogens is 307 g/mol. The molecule has 0 radical (unpaired) electrons. The molecule has 1 aromatic rings. The molecule has 1 aliphatic rings. The quantitative estimate of drug-likeness (QED) is 0.887. The lowest BCUT2D eigenvalue weighted by atomic mass is 9.85. The summed E-state index contributed by atoms with van der Waals surface area (Å²) in [5, 5.41) is 4.34. The number of nitrogens with two attached hydrogens (primary N) is 1. The molecule has 1 saturated carbocycles. The van der Waals surface area contributed by atoms with Crippen molar-refractivity contribution >= 4 is 29.1 Å². The number of hydrogen-bond acceptors (Lipinski definition) is 2. The van der Waals surface area contributed by atoms with Crippen molar-refractivity contribution in [2.45, 2.75) is 51.1 Å². The largest absolute Gasteiger partial charge is 0.353 e. The number of amides is 1. The minimum atomic E-state index is 0.0364. The van der Waals surface area contributed by atoms with E-state index in [1.165, 1.54) is 0 Å². The van der Waals surface area contributed by atoms with Crippen molar-refractivity contribution < 1.29 is 4.79 Å². The van der Waals surface area contributed by atoms with E-state index in [2.05, 4.69) is 5.32 Å². The van der Waals surface area contributed by atoms with Crippen LogP contribution in [0.5, 0.6) is 0 Å². The smallest absolute Gasteiger partial charge is 0.223 e. The molecule has 116 valence electrons. The van der Waals surface area contributed by atoms with Crippen LogP contribution in [-0.2, 0) is 11.2 Å². The van der Waals surface area contributed by atoms with Crippen LogP contribution in [0.3, 0.4) is 0 Å². The molecule has 3 unspecified atom stereocenters. The van der Waals surface area contributed by atoms with Crippen molar-refractivity contribution in [2.75, 3.05) is 0 Å². The fourth-order valence-electron chi connectivity index (χ4n) is 2.89. The molecule has 0 heterocycles. The van der Waals surface area contributed by atoms with Crippen LogP contribution in [0.25, 0.3) is 0 Å². The van der Waals surface area contributed by atoms with Gasteiger partial charge in [-0.2, -0.15) is 0 Å². The predicted molar refractivity (Wildman–Crippen MR) is 87.7 cm³/mol. The molecule has 0 bridgehead atoms. The van der Waals surface area contributed by atoms with Crippen LogP contribution in [0.15, 0.2) is 18.2 Å². The Morgan fingerprint density at radius 3 is 2.86 bits per heavy atom. The van der Waals surface area contributed by atoms with Gasteiger partial charge in [-0.1, -0.05) is 35.7 Å². The number of rotatable bonds is 4. The van der Waals surface area contributed by atoms with E-state index >= 15 is 0 Å². The van der Waals surface area contributed by atoms with E-state index in [0.29, 0.717) is 16.5 Å². The van der Waals surface area contributed by atoms with Crippen molar-refractivity contribution in [1.82, 2.24) is 5.32 Å². The molecule has 0 spiro atoms. The number of carbonyl (C=O) groups excluding carboxylic acids is 1. The SMILES string of the molecule is CC(Cc1ccc(Cl)cc1Cl)NC(=O)C1CCCC(N)C1. The zero-order chi connectivity index (χ0) is 15.4. The second-order valence-corrected chi connectivity index (χ2v) is 6.82. The molecule has 21 heavy (non-hydrogen) atoms. The Morgan fingerprint density at radius 2 is 2.19 bits per heavy atom. The highest BCUT2D eigenvalue weighted by Crippen LogP contribution is 2.24. The average Bonchev–Trinajstić information content (AvgIpc) is 2.42. The van der Waals surface area contributed by atoms with E-state index in [-0.39, 0.29) is 23.9 Å². The van der Waals surface area contributed by atoms with Gasteiger partial charge in [-0.15, -0.1) is 0 Å². The summed E-state index contributed by atoms with van der Waals surface area (Å²) < 4.78 is 0. The zero-order valence-corrected chi connectivity index (χ0v) is 13.8. The van der Waals surface area contributed by atoms with Crippen molar-refractivity contribution in [2.24, 2.45) is 11.7 Å². The van der Waals surface area contributed by atoms with Crippen LogP contribution in [0.1, 0.15) is 38.2 Å². The molecule has 2 rings (SSSR count). The predicted octanol–water partition coefficient (Wildman–Crippen LogP) is 3.56. The first-order chi connectivity index (χ1) is 9.95. The van der Waals surface area contributed by atoms with E-state index in [0.717, 1.165) is 31.2 Å². The molecule has 5 heteroatoms. The van der Waals surface area contributed by atoms with Crippen LogP contribution >= 0.6 is 23.2 Å². The van der Waals surface area contributed by atoms with Crippen molar-refractivity contribution in [3.8, 4) is 0 Å². The molecule has 3 nitrogen and oxygen atoms in total. The number of hydrogen-bond donors (Lipinski definition) is 2. The second-order valence-electron chi connectivity index (χ2n) is 5.97. The highest BCUT2D eigenvalue weighted by molar-refractivity contribution is 6.35. The molecule has 1 aliphatic carbocycles. The monoisotopic (exact) mass is 328 g/mol. The fourth-order valence-corrected chi connectivity index (χ4v) is 3.38. The van der Waals surface area contributed by atoms with Gasteiger partial charge in [0.25, 0.3) is 0 Å². The van der Waals surface area contributed by atoms with Gasteiger partial charge in [0, 0.05) is 28.0 Å². The molecule has 1 amide bonds. The second kappa shape index (κ2) is 7.48. The Kier molecular flexibility index (Phi) is 5.91. The van der Waals surface area contributed by atoms with E-state index in [1.54, 1.807) is 6.07 Å². The first kappa shape index (κ1) is 16.6. The molecule has 1 aromatic carbocycles. The first-order valence-corrected chi connectivity index (χ1v) is 8.21. The van der Waals surface area contributed by atoms with Gasteiger partial charge in [0.1, 0.15) is 0 Å². The number of halogens is 2. The maximum absolute atomic E-state index is 12.3. The van der Waals surface area contributed by atoms with Gasteiger partial charge in [-0.05, 0) is 50.3 Å². The summed E-state index contributed by atoms with van der Waals surface area (Å²) in [6, 6.07) is 5.65. The summed E-state index contributed by atoms with van der Waals surface area (Å²) in [5.74, 6) is 0.166. The van der Waals surface area contributed by atoms with Crippen molar-refractivity contribution in [1.29, 1.82) is 0 Å². The average molecular weight is 329 g/mol. The molecular formula is C16H22Cl2N2O. The number of carbonyl (C=O) groups is 1. The highest BCUT2D eigenvalue weighted by atomic mass is 35.5. The van der Waals surface area contributed by atoms with Crippen LogP contribution in [-0.4, -0.2) is 18.0 Å². The third-order valence-electron chi connectivity index (χ3n) is 4.02. The van der Waals surface area contributed by atoms with Crippen molar-refractivity contribution in [3.63, 3.8) is 0 Å². The third kappa shape index (κ3) is 4.87. The summed E-state index contributed by atoms with van der Waals surface area (Å²) in [7, 11) is 0. The Balaban J connectivity index is 1.88. The van der Waals surface area contributed by atoms with Gasteiger partial charge in [0.2, 0.25) is 5.91 Å². The molecule has 1 fully saturated rings. The van der Waals surface area contributed by atoms with E-state index in [9.17, 15) is 4.79 Å². The lowest BCUT2D eigenvalue weighted by Gasteiger charge is -2.27. The summed E-state index contributed by atoms with van der Waals surface area (Å²) in [6.07, 6.45) is 4.49. The third-order valence-corrected chi connectivity index (χ3v) is 4.60. The van der Waals surface area contributed by atoms with Crippen LogP contribution in [0.2, 0.25) is 10.0 Å². The van der Waals surface area contributed by atoms with Gasteiger partial charge in [-0.25, -0.2) is 0 Å². The van der Waals surface area contributed by atoms with E-state index < -0.39 is 0 Å². The summed E-state index contributed by atoms with van der Waals surface area (Å²) in [5.41, 5.74) is 6.94.